The number of hydrogen-bond acceptors (Lipinski definition) is 4. The van der Waals surface area contributed by atoms with E-state index in [9.17, 15) is 4.79 Å². The van der Waals surface area contributed by atoms with Crippen molar-refractivity contribution in [1.82, 2.24) is 15.4 Å². The Morgan fingerprint density at radius 3 is 2.88 bits per heavy atom. The molecule has 126 valence electrons. The molecule has 1 N–H and O–H groups in total. The summed E-state index contributed by atoms with van der Waals surface area (Å²) in [4.78, 5) is 14.8. The van der Waals surface area contributed by atoms with Gasteiger partial charge in [0.25, 0.3) is 5.91 Å². The Labute approximate surface area is 142 Å². The molecule has 4 rings (SSSR count). The lowest BCUT2D eigenvalue weighted by molar-refractivity contribution is 0.0928. The number of nitrogens with zero attached hydrogens (tertiary/aromatic N) is 2. The van der Waals surface area contributed by atoms with Crippen LogP contribution in [0.2, 0.25) is 0 Å². The summed E-state index contributed by atoms with van der Waals surface area (Å²) in [5.41, 5.74) is 1.72. The van der Waals surface area contributed by atoms with Crippen LogP contribution in [0.15, 0.2) is 40.9 Å². The van der Waals surface area contributed by atoms with Crippen LogP contribution in [0.3, 0.4) is 0 Å². The average Bonchev–Trinajstić information content (AvgIpc) is 3.21. The second-order valence-electron chi connectivity index (χ2n) is 7.06. The minimum absolute atomic E-state index is 0.121. The molecule has 2 aliphatic rings. The lowest BCUT2D eigenvalue weighted by Crippen LogP contribution is -2.37. The zero-order valence-electron chi connectivity index (χ0n) is 13.9. The van der Waals surface area contributed by atoms with Gasteiger partial charge >= 0.3 is 0 Å². The summed E-state index contributed by atoms with van der Waals surface area (Å²) in [5.74, 6) is 1.21. The quantitative estimate of drug-likeness (QED) is 0.918. The van der Waals surface area contributed by atoms with Crippen molar-refractivity contribution in [3.8, 4) is 0 Å². The topological polar surface area (TPSA) is 58.4 Å². The van der Waals surface area contributed by atoms with E-state index in [0.29, 0.717) is 17.7 Å². The van der Waals surface area contributed by atoms with Crippen LogP contribution < -0.4 is 5.32 Å². The molecule has 2 fully saturated rings. The van der Waals surface area contributed by atoms with Crippen LogP contribution in [-0.4, -0.2) is 34.6 Å². The molecule has 2 aromatic rings. The summed E-state index contributed by atoms with van der Waals surface area (Å²) in [6.07, 6.45) is 3.25. The number of rotatable bonds is 5. The summed E-state index contributed by atoms with van der Waals surface area (Å²) in [7, 11) is 0. The molecule has 24 heavy (non-hydrogen) atoms. The fourth-order valence-electron chi connectivity index (χ4n) is 3.46. The Bertz CT molecular complexity index is 708. The molecule has 1 aromatic carbocycles. The SMILES string of the molecule is C[C@H]1C[C@H](NC(=O)c2cc(C3CC3)on2)CN1Cc1ccccc1. The van der Waals surface area contributed by atoms with E-state index in [0.717, 1.165) is 38.1 Å². The monoisotopic (exact) mass is 325 g/mol. The number of aromatic nitrogens is 1. The van der Waals surface area contributed by atoms with E-state index in [2.05, 4.69) is 46.6 Å². The van der Waals surface area contributed by atoms with Crippen LogP contribution in [0.25, 0.3) is 0 Å². The van der Waals surface area contributed by atoms with Crippen molar-refractivity contribution in [2.24, 2.45) is 0 Å². The zero-order chi connectivity index (χ0) is 16.5. The second kappa shape index (κ2) is 6.40. The van der Waals surface area contributed by atoms with E-state index in [1.807, 2.05) is 6.07 Å². The number of amides is 1. The molecular formula is C19H23N3O2. The average molecular weight is 325 g/mol. The second-order valence-corrected chi connectivity index (χ2v) is 7.06. The van der Waals surface area contributed by atoms with Gasteiger partial charge in [-0.05, 0) is 31.7 Å². The molecule has 0 radical (unpaired) electrons. The van der Waals surface area contributed by atoms with Crippen LogP contribution in [0, 0.1) is 0 Å². The Hall–Kier alpha value is -2.14. The van der Waals surface area contributed by atoms with Gasteiger partial charge in [-0.3, -0.25) is 9.69 Å². The Morgan fingerprint density at radius 1 is 1.33 bits per heavy atom. The van der Waals surface area contributed by atoms with E-state index >= 15 is 0 Å². The van der Waals surface area contributed by atoms with Crippen molar-refractivity contribution in [3.63, 3.8) is 0 Å². The van der Waals surface area contributed by atoms with Crippen LogP contribution in [0.1, 0.15) is 53.9 Å². The maximum atomic E-state index is 12.4. The van der Waals surface area contributed by atoms with E-state index in [-0.39, 0.29) is 11.9 Å². The maximum absolute atomic E-state index is 12.4. The third-order valence-corrected chi connectivity index (χ3v) is 5.01. The van der Waals surface area contributed by atoms with Crippen LogP contribution in [0.5, 0.6) is 0 Å². The lowest BCUT2D eigenvalue weighted by Gasteiger charge is -2.20. The normalized spacial score (nSPS) is 24.2. The molecular weight excluding hydrogens is 302 g/mol. The molecule has 5 nitrogen and oxygen atoms in total. The van der Waals surface area contributed by atoms with Crippen molar-refractivity contribution in [3.05, 3.63) is 53.4 Å². The number of carbonyl (C=O) groups is 1. The summed E-state index contributed by atoms with van der Waals surface area (Å²) in [5, 5.41) is 7.04. The fraction of sp³-hybridized carbons (Fsp3) is 0.474. The van der Waals surface area contributed by atoms with Crippen molar-refractivity contribution < 1.29 is 9.32 Å². The first-order valence-electron chi connectivity index (χ1n) is 8.74. The van der Waals surface area contributed by atoms with Crippen molar-refractivity contribution in [2.75, 3.05) is 6.54 Å². The van der Waals surface area contributed by atoms with Crippen LogP contribution >= 0.6 is 0 Å². The molecule has 5 heteroatoms. The molecule has 1 saturated carbocycles. The molecule has 2 atom stereocenters. The molecule has 1 aromatic heterocycles. The van der Waals surface area contributed by atoms with E-state index in [4.69, 9.17) is 4.52 Å². The predicted molar refractivity (Wildman–Crippen MR) is 90.7 cm³/mol. The number of hydrogen-bond donors (Lipinski definition) is 1. The molecule has 1 saturated heterocycles. The smallest absolute Gasteiger partial charge is 0.273 e. The highest BCUT2D eigenvalue weighted by molar-refractivity contribution is 5.92. The van der Waals surface area contributed by atoms with Gasteiger partial charge in [0, 0.05) is 37.2 Å². The van der Waals surface area contributed by atoms with Gasteiger partial charge in [-0.15, -0.1) is 0 Å². The first kappa shape index (κ1) is 15.4. The number of nitrogens with one attached hydrogen (secondary N) is 1. The zero-order valence-corrected chi connectivity index (χ0v) is 13.9. The molecule has 0 bridgehead atoms. The van der Waals surface area contributed by atoms with E-state index in [1.54, 1.807) is 6.07 Å². The summed E-state index contributed by atoms with van der Waals surface area (Å²) < 4.78 is 5.27. The van der Waals surface area contributed by atoms with Gasteiger partial charge in [0.15, 0.2) is 5.69 Å². The standard InChI is InChI=1S/C19H23N3O2/c1-13-9-16(12-22(13)11-14-5-3-2-4-6-14)20-19(23)17-10-18(24-21-17)15-7-8-15/h2-6,10,13,15-16H,7-9,11-12H2,1H3,(H,20,23)/t13-,16-/m0/s1. The first-order chi connectivity index (χ1) is 11.7. The third kappa shape index (κ3) is 3.36. The molecule has 0 spiro atoms. The van der Waals surface area contributed by atoms with Crippen molar-refractivity contribution in [2.45, 2.75) is 50.7 Å². The van der Waals surface area contributed by atoms with E-state index < -0.39 is 0 Å². The molecule has 1 aliphatic heterocycles. The minimum atomic E-state index is -0.121. The highest BCUT2D eigenvalue weighted by Crippen LogP contribution is 2.40. The number of benzene rings is 1. The van der Waals surface area contributed by atoms with Gasteiger partial charge in [0.05, 0.1) is 0 Å². The number of carbonyl (C=O) groups excluding carboxylic acids is 1. The maximum Gasteiger partial charge on any atom is 0.273 e. The highest BCUT2D eigenvalue weighted by Gasteiger charge is 2.32. The van der Waals surface area contributed by atoms with Gasteiger partial charge in [-0.25, -0.2) is 0 Å². The van der Waals surface area contributed by atoms with Gasteiger partial charge in [-0.2, -0.15) is 0 Å². The highest BCUT2D eigenvalue weighted by atomic mass is 16.5. The van der Waals surface area contributed by atoms with E-state index in [1.165, 1.54) is 5.56 Å². The lowest BCUT2D eigenvalue weighted by atomic mass is 10.2. The van der Waals surface area contributed by atoms with Gasteiger partial charge in [0.1, 0.15) is 5.76 Å². The van der Waals surface area contributed by atoms with Crippen LogP contribution in [-0.2, 0) is 6.54 Å². The summed E-state index contributed by atoms with van der Waals surface area (Å²) >= 11 is 0. The predicted octanol–water partition coefficient (Wildman–Crippen LogP) is 2.94. The Balaban J connectivity index is 1.34. The van der Waals surface area contributed by atoms with Crippen molar-refractivity contribution in [1.29, 1.82) is 0 Å². The summed E-state index contributed by atoms with van der Waals surface area (Å²) in [6, 6.07) is 12.9. The third-order valence-electron chi connectivity index (χ3n) is 5.01. The van der Waals surface area contributed by atoms with Crippen LogP contribution in [0.4, 0.5) is 0 Å². The summed E-state index contributed by atoms with van der Waals surface area (Å²) in [6.45, 7) is 4.01. The molecule has 0 unspecified atom stereocenters. The Kier molecular flexibility index (Phi) is 4.10. The fourth-order valence-corrected chi connectivity index (χ4v) is 3.46. The first-order valence-corrected chi connectivity index (χ1v) is 8.74. The minimum Gasteiger partial charge on any atom is -0.360 e. The van der Waals surface area contributed by atoms with Gasteiger partial charge < -0.3 is 9.84 Å². The largest absolute Gasteiger partial charge is 0.360 e. The van der Waals surface area contributed by atoms with Gasteiger partial charge in [-0.1, -0.05) is 35.5 Å². The molecule has 2 heterocycles. The van der Waals surface area contributed by atoms with Crippen molar-refractivity contribution >= 4 is 5.91 Å². The molecule has 1 amide bonds. The molecule has 1 aliphatic carbocycles. The Morgan fingerprint density at radius 2 is 2.12 bits per heavy atom. The van der Waals surface area contributed by atoms with Gasteiger partial charge in [0.2, 0.25) is 0 Å². The number of likely N-dealkylation sites (tertiary alicyclic amines) is 1.